The molecule has 3 fully saturated rings. The number of allylic oxidation sites excluding steroid dienone is 1. The molecule has 2 aromatic carbocycles. The maximum absolute atomic E-state index is 13.8. The predicted octanol–water partition coefficient (Wildman–Crippen LogP) is 7.28. The summed E-state index contributed by atoms with van der Waals surface area (Å²) < 4.78 is 15.7. The molecule has 0 radical (unpaired) electrons. The van der Waals surface area contributed by atoms with E-state index in [2.05, 4.69) is 46.7 Å². The van der Waals surface area contributed by atoms with Gasteiger partial charge >= 0.3 is 18.0 Å². The van der Waals surface area contributed by atoms with Crippen LogP contribution in [0.1, 0.15) is 120 Å². The van der Waals surface area contributed by atoms with Gasteiger partial charge in [-0.25, -0.2) is 9.78 Å². The van der Waals surface area contributed by atoms with E-state index in [1.54, 1.807) is 11.1 Å². The van der Waals surface area contributed by atoms with Gasteiger partial charge in [-0.1, -0.05) is 64.1 Å². The predicted molar refractivity (Wildman–Crippen MR) is 228 cm³/mol. The molecule has 1 aliphatic carbocycles. The molecule has 3 aromatic rings. The van der Waals surface area contributed by atoms with Crippen molar-refractivity contribution in [2.24, 2.45) is 22.7 Å². The van der Waals surface area contributed by atoms with Gasteiger partial charge in [-0.2, -0.15) is 0 Å². The van der Waals surface area contributed by atoms with Crippen LogP contribution >= 0.6 is 0 Å². The molecule has 5 aliphatic heterocycles. The van der Waals surface area contributed by atoms with Crippen molar-refractivity contribution >= 4 is 41.1 Å². The third-order valence-corrected chi connectivity index (χ3v) is 13.3. The van der Waals surface area contributed by atoms with E-state index in [0.29, 0.717) is 31.8 Å². The van der Waals surface area contributed by atoms with Crippen LogP contribution in [0.15, 0.2) is 53.8 Å². The highest BCUT2D eigenvalue weighted by molar-refractivity contribution is 6.03. The first-order valence-corrected chi connectivity index (χ1v) is 21.7. The molecule has 6 aliphatic rings. The molecule has 9 rings (SSSR count). The second-order valence-corrected chi connectivity index (χ2v) is 17.6. The number of hydrogen-bond donors (Lipinski definition) is 2. The summed E-state index contributed by atoms with van der Waals surface area (Å²) in [6.45, 7) is 8.92. The van der Waals surface area contributed by atoms with Crippen molar-refractivity contribution in [1.29, 1.82) is 0 Å². The Bertz CT molecular complexity index is 2280. The monoisotopic (exact) mass is 832 g/mol. The summed E-state index contributed by atoms with van der Waals surface area (Å²) in [5, 5.41) is 2.71. The van der Waals surface area contributed by atoms with Crippen molar-refractivity contribution in [3.8, 4) is 22.4 Å². The van der Waals surface area contributed by atoms with Gasteiger partial charge in [0, 0.05) is 42.5 Å². The van der Waals surface area contributed by atoms with Gasteiger partial charge in [-0.15, -0.1) is 0 Å². The number of rotatable bonds is 12. The Kier molecular flexibility index (Phi) is 11.9. The molecule has 2 bridgehead atoms. The van der Waals surface area contributed by atoms with Crippen molar-refractivity contribution in [2.45, 2.75) is 109 Å². The molecule has 1 aromatic heterocycles. The van der Waals surface area contributed by atoms with Crippen LogP contribution in [0.3, 0.4) is 0 Å². The van der Waals surface area contributed by atoms with E-state index in [0.717, 1.165) is 82.5 Å². The summed E-state index contributed by atoms with van der Waals surface area (Å²) in [7, 11) is 2.64. The zero-order chi connectivity index (χ0) is 43.1. The molecule has 2 N–H and O–H groups in total. The number of esters is 2. The smallest absolute Gasteiger partial charge is 0.407 e. The lowest BCUT2D eigenvalue weighted by atomic mass is 9.73. The van der Waals surface area contributed by atoms with Crippen LogP contribution in [0.2, 0.25) is 0 Å². The van der Waals surface area contributed by atoms with E-state index in [1.807, 2.05) is 38.8 Å². The molecule has 0 saturated carbocycles. The van der Waals surface area contributed by atoms with Crippen LogP contribution in [-0.2, 0) is 33.4 Å². The SMILES string of the molecule is COC(=O)C[C@H](C(=O)N1CCC[C@H]1C1=NC=C(c2ccc(-c3ccc(-c4cnc([C@H]5CCCN5C(=O)[C@H](NC(=O)OC)C(C)C)[nH]4)c4c3C3CCC4C(=O)O3)cc2)C1)C(C)C. The fourth-order valence-electron chi connectivity index (χ4n) is 10.0. The van der Waals surface area contributed by atoms with Gasteiger partial charge in [0.1, 0.15) is 18.0 Å². The molecule has 3 saturated heterocycles. The van der Waals surface area contributed by atoms with Crippen LogP contribution in [0, 0.1) is 17.8 Å². The van der Waals surface area contributed by atoms with Crippen molar-refractivity contribution < 1.29 is 38.2 Å². The molecule has 6 heterocycles. The molecule has 6 atom stereocenters. The Balaban J connectivity index is 1.01. The Hall–Kier alpha value is -5.79. The first-order chi connectivity index (χ1) is 29.4. The largest absolute Gasteiger partial charge is 0.469 e. The molecule has 61 heavy (non-hydrogen) atoms. The number of likely N-dealkylation sites (tertiary alicyclic amines) is 2. The summed E-state index contributed by atoms with van der Waals surface area (Å²) in [5.41, 5.74) is 8.78. The fraction of sp³-hybridized carbons (Fsp3) is 0.511. The van der Waals surface area contributed by atoms with Crippen LogP contribution in [-0.4, -0.2) is 94.7 Å². The Morgan fingerprint density at radius 1 is 0.836 bits per heavy atom. The van der Waals surface area contributed by atoms with Gasteiger partial charge < -0.3 is 34.3 Å². The lowest BCUT2D eigenvalue weighted by Gasteiger charge is -2.39. The van der Waals surface area contributed by atoms with E-state index in [4.69, 9.17) is 24.2 Å². The number of imidazole rings is 1. The van der Waals surface area contributed by atoms with Crippen molar-refractivity contribution in [1.82, 2.24) is 25.1 Å². The van der Waals surface area contributed by atoms with Gasteiger partial charge in [0.25, 0.3) is 0 Å². The normalized spacial score (nSPS) is 22.8. The van der Waals surface area contributed by atoms with Crippen LogP contribution in [0.5, 0.6) is 0 Å². The number of nitrogens with one attached hydrogen (secondary N) is 2. The summed E-state index contributed by atoms with van der Waals surface area (Å²) in [5.74, 6) is -1.09. The molecule has 2 unspecified atom stereocenters. The number of aliphatic imine (C=N–C) groups is 1. The fourth-order valence-corrected chi connectivity index (χ4v) is 10.0. The van der Waals surface area contributed by atoms with Crippen molar-refractivity contribution in [2.75, 3.05) is 27.3 Å². The number of methoxy groups -OCH3 is 2. The zero-order valence-corrected chi connectivity index (χ0v) is 35.9. The number of carbonyl (C=O) groups is 5. The van der Waals surface area contributed by atoms with E-state index in [1.165, 1.54) is 14.2 Å². The molecule has 0 spiro atoms. The quantitative estimate of drug-likeness (QED) is 0.141. The molecular weight excluding hydrogens is 777 g/mol. The Morgan fingerprint density at radius 2 is 1.52 bits per heavy atom. The topological polar surface area (TPSA) is 173 Å². The Labute approximate surface area is 356 Å². The second kappa shape index (κ2) is 17.3. The third kappa shape index (κ3) is 7.96. The van der Waals surface area contributed by atoms with Crippen molar-refractivity contribution in [3.05, 3.63) is 71.3 Å². The number of hydrogen-bond acceptors (Lipinski definition) is 10. The van der Waals surface area contributed by atoms with Crippen LogP contribution in [0.25, 0.3) is 28.0 Å². The van der Waals surface area contributed by atoms with Crippen LogP contribution < -0.4 is 5.32 Å². The summed E-state index contributed by atoms with van der Waals surface area (Å²) >= 11 is 0. The number of aromatic nitrogens is 2. The Morgan fingerprint density at radius 3 is 2.20 bits per heavy atom. The number of ether oxygens (including phenoxy) is 3. The third-order valence-electron chi connectivity index (χ3n) is 13.3. The minimum absolute atomic E-state index is 0.00224. The summed E-state index contributed by atoms with van der Waals surface area (Å²) in [4.78, 5) is 81.9. The number of benzene rings is 2. The molecule has 14 heteroatoms. The van der Waals surface area contributed by atoms with Gasteiger partial charge in [0.2, 0.25) is 11.8 Å². The number of alkyl carbamates (subject to hydrolysis) is 1. The van der Waals surface area contributed by atoms with Gasteiger partial charge in [0.15, 0.2) is 0 Å². The number of amides is 3. The van der Waals surface area contributed by atoms with E-state index in [-0.39, 0.29) is 60.2 Å². The van der Waals surface area contributed by atoms with E-state index < -0.39 is 24.0 Å². The highest BCUT2D eigenvalue weighted by Gasteiger charge is 2.45. The number of fused-ring (bicyclic) bond motifs is 2. The zero-order valence-electron chi connectivity index (χ0n) is 35.9. The van der Waals surface area contributed by atoms with E-state index in [9.17, 15) is 24.0 Å². The summed E-state index contributed by atoms with van der Waals surface area (Å²) in [6, 6.07) is 11.5. The van der Waals surface area contributed by atoms with Gasteiger partial charge in [-0.05, 0) is 78.2 Å². The van der Waals surface area contributed by atoms with Crippen LogP contribution in [0.4, 0.5) is 4.79 Å². The highest BCUT2D eigenvalue weighted by Crippen LogP contribution is 2.52. The van der Waals surface area contributed by atoms with Gasteiger partial charge in [-0.3, -0.25) is 24.2 Å². The lowest BCUT2D eigenvalue weighted by Crippen LogP contribution is -2.51. The van der Waals surface area contributed by atoms with Gasteiger partial charge in [0.05, 0.1) is 56.5 Å². The second-order valence-electron chi connectivity index (χ2n) is 17.6. The number of aromatic amines is 1. The molecule has 322 valence electrons. The maximum Gasteiger partial charge on any atom is 0.407 e. The first kappa shape index (κ1) is 41.9. The maximum atomic E-state index is 13.8. The average molecular weight is 833 g/mol. The lowest BCUT2D eigenvalue weighted by molar-refractivity contribution is -0.159. The average Bonchev–Trinajstić information content (AvgIpc) is 4.11. The standard InChI is InChI=1S/C47H56N6O8/c1-25(2)33(22-39(54)59-5)44(55)52-19-7-9-36(52)34-21-29(23-48-34)27-11-13-28(14-12-27)30-15-16-31(40-32-17-18-38(41(30)40)61-46(32)57)35-24-49-43(50-35)37-10-8-20-53(37)45(56)42(26(3)4)51-47(58)60-6/h11-16,23-26,32-33,36-38,42H,7-10,17-22H2,1-6H3,(H,49,50)(H,51,58)/t32?,33-,36-,37+,38?,42+/m0/s1. The molecule has 3 amide bonds. The molecule has 14 nitrogen and oxygen atoms in total. The number of carbonyl (C=O) groups excluding carboxylic acids is 5. The minimum Gasteiger partial charge on any atom is -0.469 e. The number of H-pyrrole nitrogens is 1. The summed E-state index contributed by atoms with van der Waals surface area (Å²) in [6.07, 6.45) is 8.11. The van der Waals surface area contributed by atoms with E-state index >= 15 is 0 Å². The minimum atomic E-state index is -0.734. The van der Waals surface area contributed by atoms with Crippen molar-refractivity contribution in [3.63, 3.8) is 0 Å². The highest BCUT2D eigenvalue weighted by atomic mass is 16.5. The molecular formula is C47H56N6O8. The first-order valence-electron chi connectivity index (χ1n) is 21.7. The number of nitrogens with zero attached hydrogens (tertiary/aromatic N) is 4.